The Bertz CT molecular complexity index is 1490. The van der Waals surface area contributed by atoms with Gasteiger partial charge in [0.25, 0.3) is 11.8 Å². The number of amides is 2. The summed E-state index contributed by atoms with van der Waals surface area (Å²) in [6.07, 6.45) is 1.42. The molecule has 0 bridgehead atoms. The highest BCUT2D eigenvalue weighted by Gasteiger charge is 2.37. The van der Waals surface area contributed by atoms with Crippen LogP contribution in [0, 0.1) is 0 Å². The molecule has 1 unspecified atom stereocenters. The van der Waals surface area contributed by atoms with Gasteiger partial charge in [0.1, 0.15) is 11.8 Å². The number of carboxylic acids is 1. The number of fused-ring (bicyclic) bond motifs is 1. The number of imide groups is 1. The zero-order chi connectivity index (χ0) is 28.2. The fourth-order valence-electron chi connectivity index (χ4n) is 4.32. The molecule has 9 nitrogen and oxygen atoms in total. The fraction of sp³-hybridized carbons (Fsp3) is 0.250. The van der Waals surface area contributed by atoms with E-state index in [9.17, 15) is 27.9 Å². The summed E-state index contributed by atoms with van der Waals surface area (Å²) >= 11 is 5.89. The van der Waals surface area contributed by atoms with Gasteiger partial charge >= 0.3 is 5.97 Å². The summed E-state index contributed by atoms with van der Waals surface area (Å²) < 4.78 is 31.2. The number of carbonyl (C=O) groups excluding carboxylic acids is 2. The maximum atomic E-state index is 13.1. The van der Waals surface area contributed by atoms with Crippen molar-refractivity contribution < 1.29 is 32.6 Å². The van der Waals surface area contributed by atoms with E-state index in [0.717, 1.165) is 16.9 Å². The molecule has 2 N–H and O–H groups in total. The van der Waals surface area contributed by atoms with E-state index in [-0.39, 0.29) is 33.9 Å². The number of carboxylic acid groups (broad SMARTS) is 1. The maximum absolute atomic E-state index is 13.1. The second-order valence-corrected chi connectivity index (χ2v) is 11.4. The molecular weight excluding hydrogens is 544 g/mol. The highest BCUT2D eigenvalue weighted by Crippen LogP contribution is 2.29. The van der Waals surface area contributed by atoms with E-state index in [2.05, 4.69) is 5.32 Å². The van der Waals surface area contributed by atoms with Crippen molar-refractivity contribution in [1.82, 2.24) is 10.2 Å². The Hall–Kier alpha value is -3.73. The first kappa shape index (κ1) is 28.3. The topological polar surface area (TPSA) is 130 Å². The number of nitrogens with zero attached hydrogens (tertiary/aromatic N) is 1. The fourth-order valence-corrected chi connectivity index (χ4v) is 5.73. The van der Waals surface area contributed by atoms with Crippen molar-refractivity contribution in [3.05, 3.63) is 88.4 Å². The average Bonchev–Trinajstić information content (AvgIpc) is 3.17. The van der Waals surface area contributed by atoms with Crippen LogP contribution in [0.3, 0.4) is 0 Å². The van der Waals surface area contributed by atoms with Crippen molar-refractivity contribution in [2.75, 3.05) is 20.2 Å². The number of halogens is 1. The molecule has 3 aromatic carbocycles. The SMILES string of the molecule is COc1ccc(S(=O)(=O)c2ccc3c(c2)C(=O)N(CCC(NCCCc2ccc(Cl)cc2)C(=O)O)C3=O)cc1. The predicted molar refractivity (Wildman–Crippen MR) is 144 cm³/mol. The van der Waals surface area contributed by atoms with Gasteiger partial charge in [0.15, 0.2) is 0 Å². The lowest BCUT2D eigenvalue weighted by molar-refractivity contribution is -0.139. The molecule has 0 fully saturated rings. The molecule has 4 rings (SSSR count). The molecule has 0 saturated carbocycles. The highest BCUT2D eigenvalue weighted by atomic mass is 35.5. The highest BCUT2D eigenvalue weighted by molar-refractivity contribution is 7.91. The van der Waals surface area contributed by atoms with Crippen molar-refractivity contribution in [3.8, 4) is 5.75 Å². The number of methoxy groups -OCH3 is 1. The molecule has 0 aliphatic carbocycles. The normalized spacial score (nSPS) is 13.8. The van der Waals surface area contributed by atoms with Crippen LogP contribution in [0.4, 0.5) is 0 Å². The van der Waals surface area contributed by atoms with Crippen LogP contribution in [0.1, 0.15) is 39.1 Å². The number of carbonyl (C=O) groups is 3. The number of ether oxygens (including phenoxy) is 1. The molecule has 2 amide bonds. The van der Waals surface area contributed by atoms with Gasteiger partial charge in [-0.15, -0.1) is 0 Å². The standard InChI is InChI=1S/C28H27ClN2O7S/c1-38-20-8-10-21(11-9-20)39(36,37)22-12-13-23-24(17-22)27(33)31(26(23)32)16-14-25(28(34)35)30-15-2-3-18-4-6-19(29)7-5-18/h4-13,17,25,30H,2-3,14-16H2,1H3,(H,34,35). The lowest BCUT2D eigenvalue weighted by Crippen LogP contribution is -2.41. The lowest BCUT2D eigenvalue weighted by Gasteiger charge is -2.18. The molecule has 11 heteroatoms. The van der Waals surface area contributed by atoms with Crippen LogP contribution in [0.25, 0.3) is 0 Å². The summed E-state index contributed by atoms with van der Waals surface area (Å²) in [7, 11) is -2.48. The molecule has 0 saturated heterocycles. The van der Waals surface area contributed by atoms with Crippen molar-refractivity contribution in [3.63, 3.8) is 0 Å². The number of aryl methyl sites for hydroxylation is 1. The number of nitrogens with one attached hydrogen (secondary N) is 1. The Kier molecular flexibility index (Phi) is 8.69. The minimum Gasteiger partial charge on any atom is -0.497 e. The van der Waals surface area contributed by atoms with Gasteiger partial charge in [-0.3, -0.25) is 19.3 Å². The van der Waals surface area contributed by atoms with Gasteiger partial charge in [-0.25, -0.2) is 8.42 Å². The van der Waals surface area contributed by atoms with Crippen molar-refractivity contribution in [1.29, 1.82) is 0 Å². The molecule has 1 atom stereocenters. The van der Waals surface area contributed by atoms with E-state index in [1.807, 2.05) is 12.1 Å². The van der Waals surface area contributed by atoms with Crippen LogP contribution in [0.5, 0.6) is 5.75 Å². The molecule has 204 valence electrons. The molecule has 1 aliphatic rings. The Balaban J connectivity index is 1.39. The summed E-state index contributed by atoms with van der Waals surface area (Å²) in [6.45, 7) is 0.294. The predicted octanol–water partition coefficient (Wildman–Crippen LogP) is 3.84. The van der Waals surface area contributed by atoms with E-state index < -0.39 is 33.7 Å². The van der Waals surface area contributed by atoms with E-state index in [4.69, 9.17) is 16.3 Å². The maximum Gasteiger partial charge on any atom is 0.320 e. The zero-order valence-corrected chi connectivity index (χ0v) is 22.7. The van der Waals surface area contributed by atoms with Crippen LogP contribution in [0.15, 0.2) is 76.5 Å². The van der Waals surface area contributed by atoms with Gasteiger partial charge in [-0.1, -0.05) is 23.7 Å². The summed E-state index contributed by atoms with van der Waals surface area (Å²) in [5, 5.41) is 13.2. The molecular formula is C28H27ClN2O7S. The molecule has 1 heterocycles. The summed E-state index contributed by atoms with van der Waals surface area (Å²) in [5.41, 5.74) is 1.13. The largest absolute Gasteiger partial charge is 0.497 e. The van der Waals surface area contributed by atoms with Crippen LogP contribution >= 0.6 is 11.6 Å². The average molecular weight is 571 g/mol. The van der Waals surface area contributed by atoms with Gasteiger partial charge in [-0.05, 0) is 86.0 Å². The van der Waals surface area contributed by atoms with E-state index in [1.54, 1.807) is 12.1 Å². The molecule has 39 heavy (non-hydrogen) atoms. The molecule has 3 aromatic rings. The zero-order valence-electron chi connectivity index (χ0n) is 21.1. The van der Waals surface area contributed by atoms with Gasteiger partial charge in [0.05, 0.1) is 28.0 Å². The second kappa shape index (κ2) is 12.0. The molecule has 1 aliphatic heterocycles. The number of aliphatic carboxylic acids is 1. The van der Waals surface area contributed by atoms with Gasteiger partial charge in [-0.2, -0.15) is 0 Å². The Morgan fingerprint density at radius 2 is 1.62 bits per heavy atom. The number of hydrogen-bond acceptors (Lipinski definition) is 7. The smallest absolute Gasteiger partial charge is 0.320 e. The molecule has 0 radical (unpaired) electrons. The summed E-state index contributed by atoms with van der Waals surface area (Å²) in [5.74, 6) is -1.84. The van der Waals surface area contributed by atoms with E-state index >= 15 is 0 Å². The minimum atomic E-state index is -3.95. The first-order valence-electron chi connectivity index (χ1n) is 12.2. The quantitative estimate of drug-likeness (QED) is 0.248. The minimum absolute atomic E-state index is 0.00124. The third kappa shape index (κ3) is 6.30. The van der Waals surface area contributed by atoms with Crippen LogP contribution in [-0.4, -0.2) is 62.4 Å². The van der Waals surface area contributed by atoms with Gasteiger partial charge < -0.3 is 15.2 Å². The number of benzene rings is 3. The van der Waals surface area contributed by atoms with Gasteiger partial charge in [0, 0.05) is 11.6 Å². The van der Waals surface area contributed by atoms with Crippen LogP contribution in [-0.2, 0) is 21.1 Å². The third-order valence-corrected chi connectivity index (χ3v) is 8.53. The first-order valence-corrected chi connectivity index (χ1v) is 14.1. The first-order chi connectivity index (χ1) is 18.6. The Morgan fingerprint density at radius 1 is 0.974 bits per heavy atom. The Labute approximate surface area is 231 Å². The summed E-state index contributed by atoms with van der Waals surface area (Å²) in [6, 6.07) is 16.1. The van der Waals surface area contributed by atoms with Crippen LogP contribution in [0.2, 0.25) is 5.02 Å². The summed E-state index contributed by atoms with van der Waals surface area (Å²) in [4.78, 5) is 38.6. The molecule has 0 aromatic heterocycles. The van der Waals surface area contributed by atoms with Gasteiger partial charge in [0.2, 0.25) is 9.84 Å². The van der Waals surface area contributed by atoms with E-state index in [1.165, 1.54) is 49.6 Å². The van der Waals surface area contributed by atoms with Crippen molar-refractivity contribution >= 4 is 39.2 Å². The number of hydrogen-bond donors (Lipinski definition) is 2. The van der Waals surface area contributed by atoms with Crippen LogP contribution < -0.4 is 10.1 Å². The Morgan fingerprint density at radius 3 is 2.26 bits per heavy atom. The van der Waals surface area contributed by atoms with E-state index in [0.29, 0.717) is 23.7 Å². The number of sulfone groups is 1. The monoisotopic (exact) mass is 570 g/mol. The lowest BCUT2D eigenvalue weighted by atomic mass is 10.1. The van der Waals surface area contributed by atoms with Crippen molar-refractivity contribution in [2.45, 2.75) is 35.1 Å². The third-order valence-electron chi connectivity index (χ3n) is 6.51. The molecule has 0 spiro atoms. The number of rotatable bonds is 12. The van der Waals surface area contributed by atoms with Crippen molar-refractivity contribution in [2.24, 2.45) is 0 Å². The second-order valence-electron chi connectivity index (χ2n) is 9.01.